The third-order valence-electron chi connectivity index (χ3n) is 6.06. The van der Waals surface area contributed by atoms with Gasteiger partial charge in [-0.05, 0) is 11.1 Å². The molecule has 0 amide bonds. The van der Waals surface area contributed by atoms with Gasteiger partial charge in [0.05, 0.1) is 26.4 Å². The van der Waals surface area contributed by atoms with Crippen LogP contribution < -0.4 is 0 Å². The predicted molar refractivity (Wildman–Crippen MR) is 102 cm³/mol. The second kappa shape index (κ2) is 7.38. The predicted octanol–water partition coefficient (Wildman–Crippen LogP) is 3.77. The average Bonchev–Trinajstić information content (AvgIpc) is 3.22. The molecular formula is C23H23NO4. The number of methoxy groups -OCH3 is 1. The van der Waals surface area contributed by atoms with Crippen LogP contribution in [0.1, 0.15) is 35.8 Å². The van der Waals surface area contributed by atoms with E-state index in [0.717, 1.165) is 11.1 Å². The van der Waals surface area contributed by atoms with Crippen molar-refractivity contribution < 1.29 is 19.0 Å². The molecule has 28 heavy (non-hydrogen) atoms. The van der Waals surface area contributed by atoms with Crippen molar-refractivity contribution in [2.45, 2.75) is 30.5 Å². The number of hydrogen-bond donors (Lipinski definition) is 0. The first-order chi connectivity index (χ1) is 13.6. The number of ether oxygens (including phenoxy) is 3. The molecule has 4 rings (SSSR count). The number of carbonyl (C=O) groups excluding carboxylic acids is 1. The summed E-state index contributed by atoms with van der Waals surface area (Å²) in [5, 5.41) is 10.4. The lowest BCUT2D eigenvalue weighted by Crippen LogP contribution is -2.53. The van der Waals surface area contributed by atoms with Gasteiger partial charge in [-0.25, -0.2) is 0 Å². The first kappa shape index (κ1) is 18.7. The van der Waals surface area contributed by atoms with Gasteiger partial charge in [0.15, 0.2) is 11.2 Å². The van der Waals surface area contributed by atoms with E-state index in [1.54, 1.807) is 0 Å². The normalized spacial score (nSPS) is 28.6. The molecule has 1 spiro atoms. The van der Waals surface area contributed by atoms with E-state index in [4.69, 9.17) is 14.2 Å². The lowest BCUT2D eigenvalue weighted by atomic mass is 9.55. The molecule has 2 aliphatic rings. The van der Waals surface area contributed by atoms with Crippen molar-refractivity contribution in [1.29, 1.82) is 5.26 Å². The highest BCUT2D eigenvalue weighted by Crippen LogP contribution is 2.59. The number of esters is 1. The van der Waals surface area contributed by atoms with Crippen LogP contribution in [0.15, 0.2) is 60.7 Å². The zero-order valence-corrected chi connectivity index (χ0v) is 15.8. The van der Waals surface area contributed by atoms with E-state index in [1.807, 2.05) is 60.7 Å². The Morgan fingerprint density at radius 3 is 1.82 bits per heavy atom. The van der Waals surface area contributed by atoms with E-state index in [1.165, 1.54) is 7.11 Å². The maximum absolute atomic E-state index is 13.2. The van der Waals surface area contributed by atoms with E-state index in [2.05, 4.69) is 6.07 Å². The molecule has 5 heteroatoms. The minimum absolute atomic E-state index is 0.414. The monoisotopic (exact) mass is 377 g/mol. The summed E-state index contributed by atoms with van der Waals surface area (Å²) in [6.07, 6.45) is 0.867. The zero-order valence-electron chi connectivity index (χ0n) is 15.8. The van der Waals surface area contributed by atoms with Gasteiger partial charge in [0.2, 0.25) is 0 Å². The standard InChI is InChI=1S/C23H23NO4/c1-26-21(25)23(16-24)19(17-8-4-2-5-9-17)14-22(27-12-13-28-22)15-20(23)18-10-6-3-7-11-18/h2-11,19-20H,12-15H2,1H3/t19-,20-/m1/s1. The Kier molecular flexibility index (Phi) is 4.92. The average molecular weight is 377 g/mol. The van der Waals surface area contributed by atoms with Gasteiger partial charge in [-0.1, -0.05) is 60.7 Å². The summed E-state index contributed by atoms with van der Waals surface area (Å²) in [7, 11) is 1.35. The number of benzene rings is 2. The Hall–Kier alpha value is -2.68. The van der Waals surface area contributed by atoms with Crippen LogP contribution in [-0.2, 0) is 19.0 Å². The molecule has 144 valence electrons. The van der Waals surface area contributed by atoms with Gasteiger partial charge >= 0.3 is 5.97 Å². The van der Waals surface area contributed by atoms with E-state index < -0.39 is 29.0 Å². The van der Waals surface area contributed by atoms with Crippen LogP contribution in [0.2, 0.25) is 0 Å². The number of carbonyl (C=O) groups is 1. The Bertz CT molecular complexity index is 817. The van der Waals surface area contributed by atoms with Crippen molar-refractivity contribution in [3.63, 3.8) is 0 Å². The van der Waals surface area contributed by atoms with E-state index >= 15 is 0 Å². The first-order valence-electron chi connectivity index (χ1n) is 9.53. The second-order valence-electron chi connectivity index (χ2n) is 7.41. The minimum atomic E-state index is -1.36. The van der Waals surface area contributed by atoms with Crippen molar-refractivity contribution in [3.05, 3.63) is 71.8 Å². The number of rotatable bonds is 3. The fourth-order valence-electron chi connectivity index (χ4n) is 4.79. The molecule has 0 unspecified atom stereocenters. The number of nitrogens with zero attached hydrogens (tertiary/aromatic N) is 1. The van der Waals surface area contributed by atoms with Crippen LogP contribution in [0, 0.1) is 16.7 Å². The van der Waals surface area contributed by atoms with Crippen molar-refractivity contribution >= 4 is 5.97 Å². The maximum atomic E-state index is 13.2. The maximum Gasteiger partial charge on any atom is 0.327 e. The number of hydrogen-bond acceptors (Lipinski definition) is 5. The molecule has 0 N–H and O–H groups in total. The van der Waals surface area contributed by atoms with Gasteiger partial charge in [0.25, 0.3) is 0 Å². The molecule has 5 nitrogen and oxygen atoms in total. The van der Waals surface area contributed by atoms with E-state index in [-0.39, 0.29) is 0 Å². The van der Waals surface area contributed by atoms with Crippen LogP contribution in [-0.4, -0.2) is 32.1 Å². The number of nitriles is 1. The summed E-state index contributed by atoms with van der Waals surface area (Å²) in [6, 6.07) is 21.7. The third-order valence-corrected chi connectivity index (χ3v) is 6.06. The van der Waals surface area contributed by atoms with Crippen LogP contribution in [0.5, 0.6) is 0 Å². The van der Waals surface area contributed by atoms with Gasteiger partial charge in [-0.15, -0.1) is 0 Å². The smallest absolute Gasteiger partial charge is 0.327 e. The summed E-state index contributed by atoms with van der Waals surface area (Å²) in [6.45, 7) is 1.03. The lowest BCUT2D eigenvalue weighted by molar-refractivity contribution is -0.204. The fraction of sp³-hybridized carbons (Fsp3) is 0.391. The quantitative estimate of drug-likeness (QED) is 0.762. The summed E-state index contributed by atoms with van der Waals surface area (Å²) in [5.41, 5.74) is 0.458. The van der Waals surface area contributed by atoms with Gasteiger partial charge in [0, 0.05) is 24.7 Å². The Balaban J connectivity index is 1.92. The molecule has 1 aliphatic heterocycles. The van der Waals surface area contributed by atoms with Crippen LogP contribution in [0.4, 0.5) is 0 Å². The van der Waals surface area contributed by atoms with Crippen LogP contribution in [0.3, 0.4) is 0 Å². The van der Waals surface area contributed by atoms with Crippen molar-refractivity contribution in [3.8, 4) is 6.07 Å². The summed E-state index contributed by atoms with van der Waals surface area (Å²) in [4.78, 5) is 13.2. The van der Waals surface area contributed by atoms with Gasteiger partial charge < -0.3 is 14.2 Å². The third kappa shape index (κ3) is 2.90. The zero-order chi connectivity index (χ0) is 19.6. The molecule has 2 aromatic carbocycles. The lowest BCUT2D eigenvalue weighted by Gasteiger charge is -2.49. The van der Waals surface area contributed by atoms with E-state index in [9.17, 15) is 10.1 Å². The first-order valence-corrected chi connectivity index (χ1v) is 9.53. The SMILES string of the molecule is COC(=O)C1(C#N)[C@@H](c2ccccc2)CC2(C[C@@H]1c1ccccc1)OCCO2. The highest BCUT2D eigenvalue weighted by Gasteiger charge is 2.63. The van der Waals surface area contributed by atoms with Crippen molar-refractivity contribution in [1.82, 2.24) is 0 Å². The molecule has 1 saturated heterocycles. The second-order valence-corrected chi connectivity index (χ2v) is 7.41. The highest BCUT2D eigenvalue weighted by molar-refractivity contribution is 5.83. The van der Waals surface area contributed by atoms with E-state index in [0.29, 0.717) is 26.1 Å². The fourth-order valence-corrected chi connectivity index (χ4v) is 4.79. The topological polar surface area (TPSA) is 68.6 Å². The van der Waals surface area contributed by atoms with Crippen LogP contribution >= 0.6 is 0 Å². The summed E-state index contributed by atoms with van der Waals surface area (Å²) in [5.74, 6) is -2.13. The van der Waals surface area contributed by atoms with Crippen molar-refractivity contribution in [2.24, 2.45) is 5.41 Å². The Morgan fingerprint density at radius 2 is 1.43 bits per heavy atom. The Labute approximate surface area is 164 Å². The molecule has 1 heterocycles. The molecule has 2 aromatic rings. The molecule has 1 aliphatic carbocycles. The Morgan fingerprint density at radius 1 is 0.964 bits per heavy atom. The van der Waals surface area contributed by atoms with Gasteiger partial charge in [-0.2, -0.15) is 5.26 Å². The molecule has 0 radical (unpaired) electrons. The van der Waals surface area contributed by atoms with Gasteiger partial charge in [-0.3, -0.25) is 4.79 Å². The summed E-state index contributed by atoms with van der Waals surface area (Å²) >= 11 is 0. The largest absolute Gasteiger partial charge is 0.468 e. The molecular weight excluding hydrogens is 354 g/mol. The van der Waals surface area contributed by atoms with Crippen LogP contribution in [0.25, 0.3) is 0 Å². The van der Waals surface area contributed by atoms with Crippen molar-refractivity contribution in [2.75, 3.05) is 20.3 Å². The minimum Gasteiger partial charge on any atom is -0.468 e. The molecule has 2 atom stereocenters. The highest BCUT2D eigenvalue weighted by atomic mass is 16.7. The summed E-state index contributed by atoms with van der Waals surface area (Å²) < 4.78 is 17.3. The molecule has 2 fully saturated rings. The molecule has 0 bridgehead atoms. The molecule has 0 aromatic heterocycles. The van der Waals surface area contributed by atoms with Gasteiger partial charge in [0.1, 0.15) is 0 Å². The molecule has 1 saturated carbocycles.